The van der Waals surface area contributed by atoms with Crippen LogP contribution in [0.25, 0.3) is 0 Å². The molecule has 2 aromatic rings. The number of halogens is 2. The van der Waals surface area contributed by atoms with Crippen molar-refractivity contribution in [2.75, 3.05) is 11.9 Å². The number of aromatic nitrogens is 2. The molecule has 1 heterocycles. The molecule has 0 saturated heterocycles. The number of nitrogens with one attached hydrogen (secondary N) is 1. The van der Waals surface area contributed by atoms with Crippen LogP contribution in [0.15, 0.2) is 22.7 Å². The molecule has 4 nitrogen and oxygen atoms in total. The molecule has 0 aliphatic carbocycles. The van der Waals surface area contributed by atoms with Crippen LogP contribution in [0, 0.1) is 5.82 Å². The minimum Gasteiger partial charge on any atom is -0.486 e. The molecule has 0 fully saturated rings. The van der Waals surface area contributed by atoms with Crippen molar-refractivity contribution >= 4 is 32.4 Å². The molecule has 2 rings (SSSR count). The molecule has 0 unspecified atom stereocenters. The van der Waals surface area contributed by atoms with Crippen molar-refractivity contribution in [3.05, 3.63) is 33.5 Å². The molecular formula is C12H13BrFN3OS. The highest BCUT2D eigenvalue weighted by molar-refractivity contribution is 9.10. The van der Waals surface area contributed by atoms with E-state index in [-0.39, 0.29) is 5.82 Å². The van der Waals surface area contributed by atoms with E-state index in [1.54, 1.807) is 12.1 Å². The summed E-state index contributed by atoms with van der Waals surface area (Å²) in [6.07, 6.45) is 1.04. The molecule has 1 N–H and O–H groups in total. The van der Waals surface area contributed by atoms with E-state index in [0.717, 1.165) is 23.1 Å². The summed E-state index contributed by atoms with van der Waals surface area (Å²) in [4.78, 5) is 0. The van der Waals surface area contributed by atoms with Crippen molar-refractivity contribution in [3.8, 4) is 5.75 Å². The molecule has 1 aromatic carbocycles. The molecule has 0 atom stereocenters. The van der Waals surface area contributed by atoms with Gasteiger partial charge in [0.15, 0.2) is 5.01 Å². The third-order valence-corrected chi connectivity index (χ3v) is 3.71. The largest absolute Gasteiger partial charge is 0.486 e. The van der Waals surface area contributed by atoms with Crippen molar-refractivity contribution < 1.29 is 9.13 Å². The lowest BCUT2D eigenvalue weighted by atomic mass is 10.3. The molecule has 1 aromatic heterocycles. The first-order valence-corrected chi connectivity index (χ1v) is 7.44. The summed E-state index contributed by atoms with van der Waals surface area (Å²) in [5.41, 5.74) is 0. The lowest BCUT2D eigenvalue weighted by Crippen LogP contribution is -1.98. The van der Waals surface area contributed by atoms with Crippen LogP contribution in [0.4, 0.5) is 9.52 Å². The number of ether oxygens (including phenoxy) is 1. The number of anilines is 1. The van der Waals surface area contributed by atoms with Gasteiger partial charge in [0.1, 0.15) is 18.2 Å². The summed E-state index contributed by atoms with van der Waals surface area (Å²) in [6.45, 7) is 3.29. The van der Waals surface area contributed by atoms with E-state index in [2.05, 4.69) is 38.4 Å². The Bertz CT molecular complexity index is 550. The first kappa shape index (κ1) is 14.2. The molecular weight excluding hydrogens is 333 g/mol. The smallest absolute Gasteiger partial charge is 0.205 e. The van der Waals surface area contributed by atoms with Gasteiger partial charge in [0.2, 0.25) is 5.13 Å². The number of benzene rings is 1. The van der Waals surface area contributed by atoms with Gasteiger partial charge in [-0.1, -0.05) is 18.3 Å². The first-order valence-electron chi connectivity index (χ1n) is 5.83. The van der Waals surface area contributed by atoms with Gasteiger partial charge in [0.25, 0.3) is 0 Å². The van der Waals surface area contributed by atoms with E-state index < -0.39 is 0 Å². The molecule has 0 amide bonds. The first-order chi connectivity index (χ1) is 9.19. The minimum atomic E-state index is -0.311. The zero-order valence-corrected chi connectivity index (χ0v) is 12.7. The Hall–Kier alpha value is -1.21. The average molecular weight is 346 g/mol. The lowest BCUT2D eigenvalue weighted by molar-refractivity contribution is 0.304. The van der Waals surface area contributed by atoms with Crippen molar-refractivity contribution in [2.24, 2.45) is 0 Å². The fourth-order valence-corrected chi connectivity index (χ4v) is 2.36. The van der Waals surface area contributed by atoms with E-state index >= 15 is 0 Å². The quantitative estimate of drug-likeness (QED) is 0.863. The van der Waals surface area contributed by atoms with E-state index in [0.29, 0.717) is 16.8 Å². The fourth-order valence-electron chi connectivity index (χ4n) is 1.33. The zero-order chi connectivity index (χ0) is 13.7. The van der Waals surface area contributed by atoms with Gasteiger partial charge < -0.3 is 10.1 Å². The summed E-state index contributed by atoms with van der Waals surface area (Å²) >= 11 is 4.57. The molecule has 0 bridgehead atoms. The Morgan fingerprint density at radius 3 is 3.00 bits per heavy atom. The second-order valence-corrected chi connectivity index (χ2v) is 5.71. The third-order valence-electron chi connectivity index (χ3n) is 2.25. The van der Waals surface area contributed by atoms with E-state index in [4.69, 9.17) is 4.74 Å². The number of rotatable bonds is 6. The van der Waals surface area contributed by atoms with Crippen LogP contribution in [0.1, 0.15) is 18.4 Å². The monoisotopic (exact) mass is 345 g/mol. The van der Waals surface area contributed by atoms with Crippen LogP contribution in [0.2, 0.25) is 0 Å². The average Bonchev–Trinajstić information content (AvgIpc) is 2.86. The van der Waals surface area contributed by atoms with Crippen LogP contribution in [-0.2, 0) is 6.61 Å². The Balaban J connectivity index is 1.91. The van der Waals surface area contributed by atoms with Crippen molar-refractivity contribution in [1.29, 1.82) is 0 Å². The number of nitrogens with zero attached hydrogens (tertiary/aromatic N) is 2. The van der Waals surface area contributed by atoms with Crippen LogP contribution < -0.4 is 10.1 Å². The zero-order valence-electron chi connectivity index (χ0n) is 10.3. The molecule has 0 aliphatic rings. The van der Waals surface area contributed by atoms with Crippen LogP contribution in [-0.4, -0.2) is 16.7 Å². The van der Waals surface area contributed by atoms with Crippen LogP contribution >= 0.6 is 27.3 Å². The van der Waals surface area contributed by atoms with Crippen LogP contribution in [0.5, 0.6) is 5.75 Å². The van der Waals surface area contributed by atoms with Gasteiger partial charge in [0, 0.05) is 6.54 Å². The summed E-state index contributed by atoms with van der Waals surface area (Å²) in [5.74, 6) is 0.279. The maximum atomic E-state index is 13.1. The molecule has 102 valence electrons. The van der Waals surface area contributed by atoms with Gasteiger partial charge in [-0.15, -0.1) is 10.2 Å². The number of hydrogen-bond acceptors (Lipinski definition) is 5. The Morgan fingerprint density at radius 1 is 1.42 bits per heavy atom. The van der Waals surface area contributed by atoms with Gasteiger partial charge in [-0.2, -0.15) is 0 Å². The molecule has 0 radical (unpaired) electrons. The summed E-state index contributed by atoms with van der Waals surface area (Å²) in [7, 11) is 0. The number of hydrogen-bond donors (Lipinski definition) is 1. The molecule has 0 saturated carbocycles. The van der Waals surface area contributed by atoms with E-state index in [1.807, 2.05) is 0 Å². The van der Waals surface area contributed by atoms with Gasteiger partial charge in [-0.05, 0) is 40.5 Å². The summed E-state index contributed by atoms with van der Waals surface area (Å²) < 4.78 is 19.0. The van der Waals surface area contributed by atoms with Crippen molar-refractivity contribution in [2.45, 2.75) is 20.0 Å². The maximum absolute atomic E-state index is 13.1. The van der Waals surface area contributed by atoms with Gasteiger partial charge in [-0.3, -0.25) is 0 Å². The normalized spacial score (nSPS) is 10.5. The van der Waals surface area contributed by atoms with E-state index in [1.165, 1.54) is 17.4 Å². The minimum absolute atomic E-state index is 0.311. The predicted molar refractivity (Wildman–Crippen MR) is 77.1 cm³/mol. The van der Waals surface area contributed by atoms with Gasteiger partial charge in [0.05, 0.1) is 4.47 Å². The molecule has 19 heavy (non-hydrogen) atoms. The van der Waals surface area contributed by atoms with Crippen LogP contribution in [0.3, 0.4) is 0 Å². The fraction of sp³-hybridized carbons (Fsp3) is 0.333. The van der Waals surface area contributed by atoms with Crippen molar-refractivity contribution in [3.63, 3.8) is 0 Å². The standard InChI is InChI=1S/C12H13BrFN3OS/c1-2-5-15-12-17-16-11(19-12)7-18-8-3-4-10(14)9(13)6-8/h3-4,6H,2,5,7H2,1H3,(H,15,17). The second-order valence-electron chi connectivity index (χ2n) is 3.79. The highest BCUT2D eigenvalue weighted by Gasteiger charge is 2.06. The summed E-state index contributed by atoms with van der Waals surface area (Å²) in [5, 5.41) is 12.8. The van der Waals surface area contributed by atoms with Crippen molar-refractivity contribution in [1.82, 2.24) is 10.2 Å². The second kappa shape index (κ2) is 6.81. The third kappa shape index (κ3) is 4.14. The maximum Gasteiger partial charge on any atom is 0.205 e. The Morgan fingerprint density at radius 2 is 2.26 bits per heavy atom. The lowest BCUT2D eigenvalue weighted by Gasteiger charge is -2.04. The molecule has 0 spiro atoms. The highest BCUT2D eigenvalue weighted by atomic mass is 79.9. The van der Waals surface area contributed by atoms with Gasteiger partial charge >= 0.3 is 0 Å². The van der Waals surface area contributed by atoms with Gasteiger partial charge in [-0.25, -0.2) is 4.39 Å². The summed E-state index contributed by atoms with van der Waals surface area (Å²) in [6, 6.07) is 4.53. The topological polar surface area (TPSA) is 47.0 Å². The highest BCUT2D eigenvalue weighted by Crippen LogP contribution is 2.23. The molecule has 0 aliphatic heterocycles. The Labute approximate surface area is 123 Å². The Kier molecular flexibility index (Phi) is 5.09. The molecule has 7 heteroatoms. The predicted octanol–water partition coefficient (Wildman–Crippen LogP) is 3.84. The van der Waals surface area contributed by atoms with E-state index in [9.17, 15) is 4.39 Å². The SMILES string of the molecule is CCCNc1nnc(COc2ccc(F)c(Br)c2)s1.